The van der Waals surface area contributed by atoms with Crippen LogP contribution >= 0.6 is 11.3 Å². The van der Waals surface area contributed by atoms with Gasteiger partial charge in [-0.25, -0.2) is 13.1 Å². The number of rotatable bonds is 6. The van der Waals surface area contributed by atoms with Crippen LogP contribution in [0.2, 0.25) is 0 Å². The molecule has 140 valence electrons. The summed E-state index contributed by atoms with van der Waals surface area (Å²) >= 11 is 1.29. The van der Waals surface area contributed by atoms with Crippen LogP contribution in [-0.2, 0) is 34.3 Å². The van der Waals surface area contributed by atoms with E-state index in [0.29, 0.717) is 35.9 Å². The Morgan fingerprint density at radius 3 is 2.88 bits per heavy atom. The van der Waals surface area contributed by atoms with Crippen LogP contribution in [0.15, 0.2) is 34.5 Å². The van der Waals surface area contributed by atoms with Crippen molar-refractivity contribution in [2.45, 2.75) is 37.1 Å². The van der Waals surface area contributed by atoms with Crippen molar-refractivity contribution in [3.63, 3.8) is 0 Å². The predicted octanol–water partition coefficient (Wildman–Crippen LogP) is 2.53. The van der Waals surface area contributed by atoms with Crippen molar-refractivity contribution in [3.05, 3.63) is 46.3 Å². The Labute approximate surface area is 157 Å². The third kappa shape index (κ3) is 4.08. The molecule has 1 N–H and O–H groups in total. The molecule has 1 aromatic heterocycles. The molecule has 0 radical (unpaired) electrons. The minimum atomic E-state index is -3.59. The van der Waals surface area contributed by atoms with Crippen LogP contribution in [0.1, 0.15) is 29.3 Å². The molecule has 1 aliphatic heterocycles. The topological polar surface area (TPSA) is 75.7 Å². The average molecular weight is 395 g/mol. The highest BCUT2D eigenvalue weighted by Crippen LogP contribution is 2.31. The Hall–Kier alpha value is -1.90. The highest BCUT2D eigenvalue weighted by atomic mass is 32.2. The highest BCUT2D eigenvalue weighted by molar-refractivity contribution is 7.91. The number of nitrogens with one attached hydrogen (secondary N) is 1. The Bertz CT molecular complexity index is 906. The minimum absolute atomic E-state index is 0.0995. The van der Waals surface area contributed by atoms with Crippen molar-refractivity contribution in [1.29, 1.82) is 0 Å². The monoisotopic (exact) mass is 394 g/mol. The maximum Gasteiger partial charge on any atom is 0.250 e. The van der Waals surface area contributed by atoms with Gasteiger partial charge in [0.15, 0.2) is 0 Å². The summed E-state index contributed by atoms with van der Waals surface area (Å²) in [6.07, 6.45) is 1.17. The normalized spacial score (nSPS) is 14.2. The number of hydrogen-bond acceptors (Lipinski definition) is 5. The zero-order valence-corrected chi connectivity index (χ0v) is 16.5. The summed E-state index contributed by atoms with van der Waals surface area (Å²) in [6.45, 7) is 3.17. The van der Waals surface area contributed by atoms with Gasteiger partial charge in [-0.15, -0.1) is 11.3 Å². The number of thiophene rings is 1. The largest absolute Gasteiger partial charge is 0.497 e. The van der Waals surface area contributed by atoms with Crippen LogP contribution in [0.3, 0.4) is 0 Å². The van der Waals surface area contributed by atoms with Gasteiger partial charge in [-0.2, -0.15) is 0 Å². The van der Waals surface area contributed by atoms with E-state index in [9.17, 15) is 13.2 Å². The molecule has 3 rings (SSSR count). The van der Waals surface area contributed by atoms with Crippen molar-refractivity contribution < 1.29 is 17.9 Å². The zero-order chi connectivity index (χ0) is 18.7. The first-order valence-electron chi connectivity index (χ1n) is 8.45. The van der Waals surface area contributed by atoms with E-state index in [-0.39, 0.29) is 12.5 Å². The van der Waals surface area contributed by atoms with E-state index < -0.39 is 10.0 Å². The number of carbonyl (C=O) groups is 1. The Kier molecular flexibility index (Phi) is 5.64. The summed E-state index contributed by atoms with van der Waals surface area (Å²) in [6, 6.07) is 8.98. The molecule has 2 aromatic rings. The third-order valence-corrected chi connectivity index (χ3v) is 7.48. The average Bonchev–Trinajstić information content (AvgIpc) is 3.10. The summed E-state index contributed by atoms with van der Waals surface area (Å²) in [7, 11) is -2.02. The molecular formula is C18H22N2O4S2. The van der Waals surface area contributed by atoms with Gasteiger partial charge in [0.1, 0.15) is 9.96 Å². The molecule has 8 heteroatoms. The predicted molar refractivity (Wildman–Crippen MR) is 101 cm³/mol. The quantitative estimate of drug-likeness (QED) is 0.817. The van der Waals surface area contributed by atoms with Crippen molar-refractivity contribution >= 4 is 27.3 Å². The lowest BCUT2D eigenvalue weighted by Crippen LogP contribution is -2.34. The Morgan fingerprint density at radius 2 is 2.15 bits per heavy atom. The fourth-order valence-electron chi connectivity index (χ4n) is 2.91. The second kappa shape index (κ2) is 7.77. The van der Waals surface area contributed by atoms with Gasteiger partial charge in [0.25, 0.3) is 0 Å². The number of hydrogen-bond donors (Lipinski definition) is 1. The second-order valence-corrected chi connectivity index (χ2v) is 9.24. The van der Waals surface area contributed by atoms with E-state index in [4.69, 9.17) is 4.74 Å². The summed E-state index contributed by atoms with van der Waals surface area (Å²) in [4.78, 5) is 14.7. The maximum absolute atomic E-state index is 12.6. The molecule has 1 amide bonds. The number of ether oxygens (including phenoxy) is 1. The minimum Gasteiger partial charge on any atom is -0.497 e. The first kappa shape index (κ1) is 18.9. The Morgan fingerprint density at radius 1 is 1.35 bits per heavy atom. The van der Waals surface area contributed by atoms with Crippen molar-refractivity contribution in [1.82, 2.24) is 9.62 Å². The smallest absolute Gasteiger partial charge is 0.250 e. The van der Waals surface area contributed by atoms with Gasteiger partial charge in [0.05, 0.1) is 7.11 Å². The fourth-order valence-corrected chi connectivity index (χ4v) is 5.51. The van der Waals surface area contributed by atoms with Gasteiger partial charge >= 0.3 is 0 Å². The molecule has 0 atom stereocenters. The van der Waals surface area contributed by atoms with Gasteiger partial charge in [0.2, 0.25) is 15.9 Å². The van der Waals surface area contributed by atoms with Gasteiger partial charge < -0.3 is 9.64 Å². The lowest BCUT2D eigenvalue weighted by molar-refractivity contribution is -0.131. The van der Waals surface area contributed by atoms with Crippen LogP contribution in [0, 0.1) is 0 Å². The summed E-state index contributed by atoms with van der Waals surface area (Å²) in [5.74, 6) is 0.788. The molecule has 0 bridgehead atoms. The molecule has 0 saturated carbocycles. The maximum atomic E-state index is 12.6. The number of sulfonamides is 1. The van der Waals surface area contributed by atoms with E-state index in [1.54, 1.807) is 24.1 Å². The van der Waals surface area contributed by atoms with Gasteiger partial charge in [0, 0.05) is 30.9 Å². The second-order valence-electron chi connectivity index (χ2n) is 6.11. The number of nitrogens with zero attached hydrogens (tertiary/aromatic N) is 1. The summed E-state index contributed by atoms with van der Waals surface area (Å²) in [5.41, 5.74) is 1.76. The van der Waals surface area contributed by atoms with Crippen LogP contribution in [0.25, 0.3) is 0 Å². The molecule has 0 saturated heterocycles. The molecule has 0 spiro atoms. The number of fused-ring (bicyclic) bond motifs is 1. The van der Waals surface area contributed by atoms with Crippen molar-refractivity contribution in [2.24, 2.45) is 0 Å². The van der Waals surface area contributed by atoms with E-state index >= 15 is 0 Å². The molecule has 1 aliphatic rings. The van der Waals surface area contributed by atoms with E-state index in [2.05, 4.69) is 4.72 Å². The molecule has 2 heterocycles. The number of methoxy groups -OCH3 is 1. The highest BCUT2D eigenvalue weighted by Gasteiger charge is 2.25. The fraction of sp³-hybridized carbons (Fsp3) is 0.389. The molecule has 0 fully saturated rings. The van der Waals surface area contributed by atoms with E-state index in [1.807, 2.05) is 25.1 Å². The molecule has 0 aliphatic carbocycles. The van der Waals surface area contributed by atoms with Crippen LogP contribution in [-0.4, -0.2) is 32.9 Å². The number of benzene rings is 1. The molecule has 0 unspecified atom stereocenters. The SMILES string of the molecule is CCC(=O)N1CCc2sc(S(=O)(=O)NCc3cccc(OC)c3)cc2C1. The van der Waals surface area contributed by atoms with Crippen LogP contribution < -0.4 is 9.46 Å². The first-order valence-corrected chi connectivity index (χ1v) is 10.7. The molecule has 1 aromatic carbocycles. The molecular weight excluding hydrogens is 372 g/mol. The van der Waals surface area contributed by atoms with Crippen LogP contribution in [0.4, 0.5) is 0 Å². The zero-order valence-electron chi connectivity index (χ0n) is 14.8. The standard InChI is InChI=1S/C18H22N2O4S2/c1-3-17(21)20-8-7-16-14(12-20)10-18(25-16)26(22,23)19-11-13-5-4-6-15(9-13)24-2/h4-6,9-10,19H,3,7-8,11-12H2,1-2H3. The lowest BCUT2D eigenvalue weighted by Gasteiger charge is -2.26. The molecule has 26 heavy (non-hydrogen) atoms. The first-order chi connectivity index (χ1) is 12.4. The molecule has 6 nitrogen and oxygen atoms in total. The summed E-state index contributed by atoms with van der Waals surface area (Å²) in [5, 5.41) is 0. The Balaban J connectivity index is 1.72. The van der Waals surface area contributed by atoms with Gasteiger partial charge in [-0.3, -0.25) is 4.79 Å². The van der Waals surface area contributed by atoms with Gasteiger partial charge in [-0.1, -0.05) is 19.1 Å². The number of carbonyl (C=O) groups excluding carboxylic acids is 1. The van der Waals surface area contributed by atoms with E-state index in [1.165, 1.54) is 11.3 Å². The lowest BCUT2D eigenvalue weighted by atomic mass is 10.1. The van der Waals surface area contributed by atoms with Crippen molar-refractivity contribution in [3.8, 4) is 5.75 Å². The number of amides is 1. The van der Waals surface area contributed by atoms with E-state index in [0.717, 1.165) is 16.0 Å². The third-order valence-electron chi connectivity index (χ3n) is 4.36. The van der Waals surface area contributed by atoms with Crippen LogP contribution in [0.5, 0.6) is 5.75 Å². The van der Waals surface area contributed by atoms with Gasteiger partial charge in [-0.05, 0) is 35.7 Å². The van der Waals surface area contributed by atoms with Crippen molar-refractivity contribution in [2.75, 3.05) is 13.7 Å². The summed E-state index contributed by atoms with van der Waals surface area (Å²) < 4.78 is 33.4.